The van der Waals surface area contributed by atoms with Crippen LogP contribution < -0.4 is 5.32 Å². The Labute approximate surface area is 98.9 Å². The van der Waals surface area contributed by atoms with Crippen LogP contribution in [0.15, 0.2) is 24.3 Å². The number of nitrogens with one attached hydrogen (secondary N) is 1. The zero-order chi connectivity index (χ0) is 12.3. The molecule has 1 atom stereocenters. The average molecular weight is 228 g/mol. The van der Waals surface area contributed by atoms with Crippen LogP contribution in [0.5, 0.6) is 0 Å². The van der Waals surface area contributed by atoms with Gasteiger partial charge in [0.2, 0.25) is 5.95 Å². The number of aryl methyl sites for hydroxylation is 1. The topological polar surface area (TPSA) is 79.4 Å². The van der Waals surface area contributed by atoms with Crippen molar-refractivity contribution in [2.75, 3.05) is 5.32 Å². The minimum absolute atomic E-state index is 0.0763. The highest BCUT2D eigenvalue weighted by atomic mass is 15.6. The third-order valence-corrected chi connectivity index (χ3v) is 2.51. The van der Waals surface area contributed by atoms with Gasteiger partial charge in [-0.3, -0.25) is 0 Å². The third kappa shape index (κ3) is 2.39. The summed E-state index contributed by atoms with van der Waals surface area (Å²) in [6, 6.07) is 9.59. The van der Waals surface area contributed by atoms with Crippen molar-refractivity contribution in [3.8, 4) is 6.07 Å². The van der Waals surface area contributed by atoms with Crippen molar-refractivity contribution in [1.29, 1.82) is 5.26 Å². The molecule has 0 saturated heterocycles. The van der Waals surface area contributed by atoms with Crippen molar-refractivity contribution in [2.45, 2.75) is 13.0 Å². The molecule has 0 spiro atoms. The van der Waals surface area contributed by atoms with E-state index in [1.165, 1.54) is 0 Å². The predicted octanol–water partition coefficient (Wildman–Crippen LogP) is 1.25. The maximum absolute atomic E-state index is 8.72. The second-order valence-corrected chi connectivity index (χ2v) is 3.73. The van der Waals surface area contributed by atoms with Gasteiger partial charge >= 0.3 is 0 Å². The Balaban J connectivity index is 2.12. The first-order chi connectivity index (χ1) is 8.20. The molecule has 0 amide bonds. The first-order valence-electron chi connectivity index (χ1n) is 5.19. The molecule has 2 aromatic rings. The molecule has 1 N–H and O–H groups in total. The van der Waals surface area contributed by atoms with E-state index in [1.54, 1.807) is 23.9 Å². The summed E-state index contributed by atoms with van der Waals surface area (Å²) in [6.07, 6.45) is 0. The molecule has 1 aromatic carbocycles. The number of benzene rings is 1. The molecule has 1 aromatic heterocycles. The number of anilines is 1. The smallest absolute Gasteiger partial charge is 0.243 e. The van der Waals surface area contributed by atoms with Crippen molar-refractivity contribution >= 4 is 5.95 Å². The van der Waals surface area contributed by atoms with Crippen LogP contribution in [0.1, 0.15) is 24.1 Å². The van der Waals surface area contributed by atoms with Gasteiger partial charge in [-0.05, 0) is 35.0 Å². The summed E-state index contributed by atoms with van der Waals surface area (Å²) in [6.45, 7) is 2.01. The monoisotopic (exact) mass is 228 g/mol. The molecule has 0 aliphatic carbocycles. The summed E-state index contributed by atoms with van der Waals surface area (Å²) < 4.78 is 1.57. The molecule has 0 bridgehead atoms. The van der Waals surface area contributed by atoms with Gasteiger partial charge in [0.1, 0.15) is 0 Å². The van der Waals surface area contributed by atoms with Crippen LogP contribution in [0.4, 0.5) is 5.95 Å². The van der Waals surface area contributed by atoms with Crippen LogP contribution in [0, 0.1) is 11.3 Å². The minimum Gasteiger partial charge on any atom is -0.347 e. The van der Waals surface area contributed by atoms with E-state index in [-0.39, 0.29) is 6.04 Å². The number of tetrazole rings is 1. The lowest BCUT2D eigenvalue weighted by atomic mass is 10.1. The Morgan fingerprint density at radius 2 is 2.06 bits per heavy atom. The molecule has 86 valence electrons. The maximum Gasteiger partial charge on any atom is 0.243 e. The van der Waals surface area contributed by atoms with Crippen molar-refractivity contribution in [1.82, 2.24) is 20.2 Å². The third-order valence-electron chi connectivity index (χ3n) is 2.51. The Kier molecular flexibility index (Phi) is 3.01. The Hall–Kier alpha value is -2.42. The number of aromatic nitrogens is 4. The first kappa shape index (κ1) is 11.1. The molecule has 6 nitrogen and oxygen atoms in total. The number of rotatable bonds is 3. The van der Waals surface area contributed by atoms with Crippen molar-refractivity contribution < 1.29 is 0 Å². The lowest BCUT2D eigenvalue weighted by molar-refractivity contribution is 0.706. The van der Waals surface area contributed by atoms with E-state index < -0.39 is 0 Å². The highest BCUT2D eigenvalue weighted by Crippen LogP contribution is 2.17. The molecule has 0 radical (unpaired) electrons. The van der Waals surface area contributed by atoms with Gasteiger partial charge < -0.3 is 5.32 Å². The van der Waals surface area contributed by atoms with Gasteiger partial charge in [-0.25, -0.2) is 4.68 Å². The summed E-state index contributed by atoms with van der Waals surface area (Å²) in [7, 11) is 1.77. The highest BCUT2D eigenvalue weighted by molar-refractivity contribution is 5.36. The van der Waals surface area contributed by atoms with E-state index in [9.17, 15) is 0 Å². The fraction of sp³-hybridized carbons (Fsp3) is 0.273. The van der Waals surface area contributed by atoms with E-state index in [2.05, 4.69) is 26.9 Å². The fourth-order valence-corrected chi connectivity index (χ4v) is 1.48. The van der Waals surface area contributed by atoms with Crippen LogP contribution in [-0.2, 0) is 7.05 Å². The summed E-state index contributed by atoms with van der Waals surface area (Å²) in [5.74, 6) is 0.613. The van der Waals surface area contributed by atoms with Crippen molar-refractivity contribution in [3.63, 3.8) is 0 Å². The molecule has 0 aliphatic heterocycles. The number of hydrogen-bond donors (Lipinski definition) is 1. The molecule has 0 saturated carbocycles. The molecule has 1 heterocycles. The Bertz CT molecular complexity index is 536. The Morgan fingerprint density at radius 1 is 1.35 bits per heavy atom. The van der Waals surface area contributed by atoms with Crippen LogP contribution in [-0.4, -0.2) is 20.2 Å². The average Bonchev–Trinajstić information content (AvgIpc) is 2.75. The van der Waals surface area contributed by atoms with Gasteiger partial charge in [-0.15, -0.1) is 0 Å². The van der Waals surface area contributed by atoms with Crippen molar-refractivity contribution in [2.24, 2.45) is 7.05 Å². The largest absolute Gasteiger partial charge is 0.347 e. The predicted molar refractivity (Wildman–Crippen MR) is 62.0 cm³/mol. The van der Waals surface area contributed by atoms with Gasteiger partial charge in [0.25, 0.3) is 0 Å². The SMILES string of the molecule is CC(Nc1nnnn1C)c1ccc(C#N)cc1. The fourth-order valence-electron chi connectivity index (χ4n) is 1.48. The van der Waals surface area contributed by atoms with Crippen LogP contribution in [0.3, 0.4) is 0 Å². The van der Waals surface area contributed by atoms with E-state index in [0.717, 1.165) is 5.56 Å². The zero-order valence-electron chi connectivity index (χ0n) is 9.62. The minimum atomic E-state index is 0.0763. The zero-order valence-corrected chi connectivity index (χ0v) is 9.62. The highest BCUT2D eigenvalue weighted by Gasteiger charge is 2.08. The first-order valence-corrected chi connectivity index (χ1v) is 5.19. The molecule has 2 rings (SSSR count). The summed E-state index contributed by atoms with van der Waals surface area (Å²) >= 11 is 0. The van der Waals surface area contributed by atoms with E-state index in [4.69, 9.17) is 5.26 Å². The van der Waals surface area contributed by atoms with E-state index >= 15 is 0 Å². The molecule has 17 heavy (non-hydrogen) atoms. The normalized spacial score (nSPS) is 11.8. The maximum atomic E-state index is 8.72. The standard InChI is InChI=1S/C11H12N6/c1-8(13-11-14-15-16-17(11)2)10-5-3-9(7-12)4-6-10/h3-6,8H,1-2H3,(H,13,14,16). The van der Waals surface area contributed by atoms with Gasteiger partial charge in [0.15, 0.2) is 0 Å². The second kappa shape index (κ2) is 4.61. The summed E-state index contributed by atoms with van der Waals surface area (Å²) in [4.78, 5) is 0. The van der Waals surface area contributed by atoms with Crippen LogP contribution >= 0.6 is 0 Å². The van der Waals surface area contributed by atoms with Gasteiger partial charge in [-0.1, -0.05) is 17.2 Å². The second-order valence-electron chi connectivity index (χ2n) is 3.73. The van der Waals surface area contributed by atoms with Crippen LogP contribution in [0.25, 0.3) is 0 Å². The van der Waals surface area contributed by atoms with Gasteiger partial charge in [0, 0.05) is 7.05 Å². The van der Waals surface area contributed by atoms with Crippen LogP contribution in [0.2, 0.25) is 0 Å². The summed E-state index contributed by atoms with van der Waals surface area (Å²) in [5.41, 5.74) is 1.73. The van der Waals surface area contributed by atoms with E-state index in [0.29, 0.717) is 11.5 Å². The van der Waals surface area contributed by atoms with Gasteiger partial charge in [-0.2, -0.15) is 5.26 Å². The Morgan fingerprint density at radius 3 is 2.59 bits per heavy atom. The number of hydrogen-bond acceptors (Lipinski definition) is 5. The molecule has 0 fully saturated rings. The summed E-state index contributed by atoms with van der Waals surface area (Å²) in [5, 5.41) is 23.1. The quantitative estimate of drug-likeness (QED) is 0.855. The number of nitrogens with zero attached hydrogens (tertiary/aromatic N) is 5. The molecule has 6 heteroatoms. The lowest BCUT2D eigenvalue weighted by Crippen LogP contribution is -2.10. The lowest BCUT2D eigenvalue weighted by Gasteiger charge is -2.13. The molecular weight excluding hydrogens is 216 g/mol. The molecule has 1 unspecified atom stereocenters. The van der Waals surface area contributed by atoms with Crippen molar-refractivity contribution in [3.05, 3.63) is 35.4 Å². The molecular formula is C11H12N6. The van der Waals surface area contributed by atoms with Gasteiger partial charge in [0.05, 0.1) is 17.7 Å². The number of nitriles is 1. The molecule has 0 aliphatic rings. The van der Waals surface area contributed by atoms with E-state index in [1.807, 2.05) is 19.1 Å².